The lowest BCUT2D eigenvalue weighted by Crippen LogP contribution is -2.53. The Kier molecular flexibility index (Phi) is 4.54. The first-order valence-corrected chi connectivity index (χ1v) is 4.45. The summed E-state index contributed by atoms with van der Waals surface area (Å²) in [7, 11) is 0. The van der Waals surface area contributed by atoms with Crippen molar-refractivity contribution in [3.63, 3.8) is 0 Å². The molecule has 0 bridgehead atoms. The van der Waals surface area contributed by atoms with Gasteiger partial charge in [0.1, 0.15) is 6.10 Å². The number of nitrogens with zero attached hydrogens (tertiary/aromatic N) is 3. The number of hydrogen-bond donors (Lipinski definition) is 2. The van der Waals surface area contributed by atoms with Crippen LogP contribution in [0.1, 0.15) is 0 Å². The minimum absolute atomic E-state index is 0.0180. The lowest BCUT2D eigenvalue weighted by molar-refractivity contribution is -0.243. The third kappa shape index (κ3) is 2.92. The summed E-state index contributed by atoms with van der Waals surface area (Å²) in [5.41, 5.74) is 8.20. The molecule has 1 aliphatic rings. The average molecular weight is 215 g/mol. The maximum absolute atomic E-state index is 9.54. The topological polar surface area (TPSA) is 108 Å². The van der Waals surface area contributed by atoms with Crippen molar-refractivity contribution < 1.29 is 19.7 Å². The molecule has 0 aromatic heterocycles. The zero-order chi connectivity index (χ0) is 11.3. The Bertz CT molecular complexity index is 267. The highest BCUT2D eigenvalue weighted by Crippen LogP contribution is 2.18. The molecule has 1 aliphatic heterocycles. The van der Waals surface area contributed by atoms with Gasteiger partial charge < -0.3 is 19.7 Å². The molecule has 1 unspecified atom stereocenters. The number of aliphatic hydroxyl groups is 2. The molecule has 1 heterocycles. The minimum Gasteiger partial charge on any atom is -0.390 e. The summed E-state index contributed by atoms with van der Waals surface area (Å²) in [6.07, 6.45) is -1.82. The smallest absolute Gasteiger partial charge is 0.186 e. The molecule has 84 valence electrons. The predicted octanol–water partition coefficient (Wildman–Crippen LogP) is -0.0540. The highest BCUT2D eigenvalue weighted by molar-refractivity contribution is 4.88. The Morgan fingerprint density at radius 3 is 2.93 bits per heavy atom. The summed E-state index contributed by atoms with van der Waals surface area (Å²) in [5, 5.41) is 22.4. The Labute approximate surface area is 86.5 Å². The Hall–Kier alpha value is -1.11. The van der Waals surface area contributed by atoms with Gasteiger partial charge in [-0.2, -0.15) is 0 Å². The number of hydrogen-bond acceptors (Lipinski definition) is 5. The van der Waals surface area contributed by atoms with E-state index in [0.29, 0.717) is 0 Å². The van der Waals surface area contributed by atoms with Gasteiger partial charge in [0.25, 0.3) is 0 Å². The van der Waals surface area contributed by atoms with Crippen LogP contribution in [0.15, 0.2) is 17.8 Å². The van der Waals surface area contributed by atoms with E-state index in [4.69, 9.17) is 15.0 Å². The minimum atomic E-state index is -1.23. The first kappa shape index (κ1) is 12.0. The van der Waals surface area contributed by atoms with Crippen molar-refractivity contribution in [1.82, 2.24) is 0 Å². The van der Waals surface area contributed by atoms with Gasteiger partial charge in [-0.25, -0.2) is 0 Å². The molecule has 2 N–H and O–H groups in total. The van der Waals surface area contributed by atoms with Gasteiger partial charge in [-0.05, 0) is 5.53 Å². The van der Waals surface area contributed by atoms with Gasteiger partial charge in [0, 0.05) is 4.91 Å². The van der Waals surface area contributed by atoms with Crippen LogP contribution in [0.25, 0.3) is 10.4 Å². The van der Waals surface area contributed by atoms with Crippen LogP contribution in [0.5, 0.6) is 0 Å². The van der Waals surface area contributed by atoms with E-state index in [2.05, 4.69) is 16.6 Å². The number of ether oxygens (including phenoxy) is 2. The van der Waals surface area contributed by atoms with E-state index in [-0.39, 0.29) is 13.2 Å². The summed E-state index contributed by atoms with van der Waals surface area (Å²) >= 11 is 0. The molecule has 0 saturated carbocycles. The van der Waals surface area contributed by atoms with Crippen molar-refractivity contribution in [2.45, 2.75) is 24.5 Å². The number of aliphatic hydroxyl groups excluding tert-OH is 2. The van der Waals surface area contributed by atoms with Crippen LogP contribution in [0.4, 0.5) is 0 Å². The van der Waals surface area contributed by atoms with Crippen molar-refractivity contribution in [3.8, 4) is 0 Å². The van der Waals surface area contributed by atoms with E-state index in [1.807, 2.05) is 0 Å². The van der Waals surface area contributed by atoms with Crippen LogP contribution in [0.3, 0.4) is 0 Å². The summed E-state index contributed by atoms with van der Waals surface area (Å²) < 4.78 is 10.1. The van der Waals surface area contributed by atoms with Crippen LogP contribution in [-0.4, -0.2) is 48.0 Å². The van der Waals surface area contributed by atoms with E-state index in [0.717, 1.165) is 0 Å². The van der Waals surface area contributed by atoms with Gasteiger partial charge >= 0.3 is 0 Å². The molecule has 1 fully saturated rings. The van der Waals surface area contributed by atoms with Gasteiger partial charge in [0.05, 0.1) is 25.4 Å². The molecule has 0 aliphatic carbocycles. The Balaban J connectivity index is 2.55. The second-order valence-electron chi connectivity index (χ2n) is 3.08. The standard InChI is InChI=1S/C8H13N3O4/c1-2-3-14-8-7(13)6(12)5(4-15-8)10-11-9/h2,5-8,12-13H,1,3-4H2/t5-,6-,7?,8+/m0/s1. The quantitative estimate of drug-likeness (QED) is 0.296. The molecule has 4 atom stereocenters. The molecule has 7 heteroatoms. The SMILES string of the molecule is C=CCO[C@@H]1OC[C@H](N=[N+]=[N-])[C@H](O)C1O. The lowest BCUT2D eigenvalue weighted by atomic mass is 10.0. The second-order valence-corrected chi connectivity index (χ2v) is 3.08. The molecular weight excluding hydrogens is 202 g/mol. The number of azide groups is 1. The molecule has 0 aromatic carbocycles. The fourth-order valence-electron chi connectivity index (χ4n) is 1.26. The molecule has 1 saturated heterocycles. The van der Waals surface area contributed by atoms with Gasteiger partial charge in [-0.15, -0.1) is 6.58 Å². The van der Waals surface area contributed by atoms with Crippen molar-refractivity contribution in [1.29, 1.82) is 0 Å². The van der Waals surface area contributed by atoms with E-state index >= 15 is 0 Å². The Morgan fingerprint density at radius 1 is 1.60 bits per heavy atom. The largest absolute Gasteiger partial charge is 0.390 e. The molecule has 0 spiro atoms. The van der Waals surface area contributed by atoms with E-state index < -0.39 is 24.5 Å². The molecule has 1 rings (SSSR count). The van der Waals surface area contributed by atoms with Crippen LogP contribution in [0, 0.1) is 0 Å². The van der Waals surface area contributed by atoms with E-state index in [1.165, 1.54) is 6.08 Å². The van der Waals surface area contributed by atoms with Gasteiger partial charge in [-0.1, -0.05) is 11.2 Å². The van der Waals surface area contributed by atoms with Gasteiger partial charge in [0.15, 0.2) is 6.29 Å². The van der Waals surface area contributed by atoms with Crippen LogP contribution < -0.4 is 0 Å². The second kappa shape index (κ2) is 5.69. The summed E-state index contributed by atoms with van der Waals surface area (Å²) in [4.78, 5) is 2.55. The van der Waals surface area contributed by atoms with Gasteiger partial charge in [-0.3, -0.25) is 0 Å². The number of rotatable bonds is 4. The molecule has 15 heavy (non-hydrogen) atoms. The predicted molar refractivity (Wildman–Crippen MR) is 50.8 cm³/mol. The third-order valence-corrected chi connectivity index (χ3v) is 2.03. The lowest BCUT2D eigenvalue weighted by Gasteiger charge is -2.35. The summed E-state index contributed by atoms with van der Waals surface area (Å²) in [6.45, 7) is 3.67. The molecular formula is C8H13N3O4. The van der Waals surface area contributed by atoms with Crippen molar-refractivity contribution in [2.24, 2.45) is 5.11 Å². The third-order valence-electron chi connectivity index (χ3n) is 2.03. The van der Waals surface area contributed by atoms with Crippen molar-refractivity contribution >= 4 is 0 Å². The van der Waals surface area contributed by atoms with Crippen molar-refractivity contribution in [3.05, 3.63) is 23.1 Å². The van der Waals surface area contributed by atoms with Crippen LogP contribution in [-0.2, 0) is 9.47 Å². The molecule has 7 nitrogen and oxygen atoms in total. The fraction of sp³-hybridized carbons (Fsp3) is 0.750. The van der Waals surface area contributed by atoms with Crippen molar-refractivity contribution in [2.75, 3.05) is 13.2 Å². The molecule has 0 aromatic rings. The van der Waals surface area contributed by atoms with Crippen LogP contribution >= 0.6 is 0 Å². The Morgan fingerprint density at radius 2 is 2.33 bits per heavy atom. The first-order chi connectivity index (χ1) is 7.20. The summed E-state index contributed by atoms with van der Waals surface area (Å²) in [6, 6.07) is -0.784. The molecule has 0 amide bonds. The molecule has 0 radical (unpaired) electrons. The zero-order valence-corrected chi connectivity index (χ0v) is 8.06. The first-order valence-electron chi connectivity index (χ1n) is 4.45. The highest BCUT2D eigenvalue weighted by Gasteiger charge is 2.38. The maximum Gasteiger partial charge on any atom is 0.186 e. The normalized spacial score (nSPS) is 35.6. The van der Waals surface area contributed by atoms with E-state index in [1.54, 1.807) is 0 Å². The highest BCUT2D eigenvalue weighted by atomic mass is 16.7. The van der Waals surface area contributed by atoms with E-state index in [9.17, 15) is 10.2 Å². The van der Waals surface area contributed by atoms with Crippen LogP contribution in [0.2, 0.25) is 0 Å². The average Bonchev–Trinajstić information content (AvgIpc) is 2.24. The summed E-state index contributed by atoms with van der Waals surface area (Å²) in [5.74, 6) is 0. The zero-order valence-electron chi connectivity index (χ0n) is 8.06. The van der Waals surface area contributed by atoms with Gasteiger partial charge in [0.2, 0.25) is 0 Å². The fourth-order valence-corrected chi connectivity index (χ4v) is 1.26. The monoisotopic (exact) mass is 215 g/mol. The maximum atomic E-state index is 9.54.